The zero-order chi connectivity index (χ0) is 15.8. The number of piperazine rings is 1. The summed E-state index contributed by atoms with van der Waals surface area (Å²) in [6, 6.07) is 10.3. The molecular weight excluding hydrogens is 288 g/mol. The number of anilines is 2. The van der Waals surface area contributed by atoms with E-state index in [1.54, 1.807) is 0 Å². The maximum Gasteiger partial charge on any atom is 0.222 e. The Balaban J connectivity index is 1.79. The third-order valence-corrected chi connectivity index (χ3v) is 4.38. The van der Waals surface area contributed by atoms with Crippen molar-refractivity contribution in [1.82, 2.24) is 19.4 Å². The van der Waals surface area contributed by atoms with Gasteiger partial charge >= 0.3 is 0 Å². The lowest BCUT2D eigenvalue weighted by Gasteiger charge is -2.33. The number of benzene rings is 1. The van der Waals surface area contributed by atoms with Crippen LogP contribution in [0.15, 0.2) is 42.7 Å². The number of aromatic nitrogens is 3. The highest BCUT2D eigenvalue weighted by atomic mass is 15.3. The molecule has 0 aliphatic carbocycles. The highest BCUT2D eigenvalue weighted by molar-refractivity contribution is 5.91. The molecule has 6 nitrogen and oxygen atoms in total. The van der Waals surface area contributed by atoms with Gasteiger partial charge in [-0.2, -0.15) is 4.98 Å². The fourth-order valence-electron chi connectivity index (χ4n) is 3.05. The first kappa shape index (κ1) is 14.0. The summed E-state index contributed by atoms with van der Waals surface area (Å²) in [5, 5.41) is 1.06. The number of hydrogen-bond donors (Lipinski definition) is 1. The Kier molecular flexibility index (Phi) is 3.38. The van der Waals surface area contributed by atoms with E-state index in [-0.39, 0.29) is 0 Å². The Morgan fingerprint density at radius 2 is 1.74 bits per heavy atom. The minimum absolute atomic E-state index is 0.330. The van der Waals surface area contributed by atoms with E-state index in [2.05, 4.69) is 49.6 Å². The Hall–Kier alpha value is -2.60. The second-order valence-electron chi connectivity index (χ2n) is 5.99. The number of likely N-dealkylation sites (N-methyl/N-ethyl adjacent to an activating group) is 1. The van der Waals surface area contributed by atoms with Gasteiger partial charge in [0.25, 0.3) is 0 Å². The molecule has 23 heavy (non-hydrogen) atoms. The van der Waals surface area contributed by atoms with E-state index in [4.69, 9.17) is 5.73 Å². The van der Waals surface area contributed by atoms with Gasteiger partial charge < -0.3 is 20.1 Å². The first-order chi connectivity index (χ1) is 11.2. The Morgan fingerprint density at radius 3 is 2.48 bits per heavy atom. The molecule has 1 aliphatic heterocycles. The molecule has 0 radical (unpaired) electrons. The van der Waals surface area contributed by atoms with Crippen LogP contribution in [0.5, 0.6) is 0 Å². The van der Waals surface area contributed by atoms with Gasteiger partial charge in [0.1, 0.15) is 5.82 Å². The van der Waals surface area contributed by atoms with Crippen molar-refractivity contribution in [1.29, 1.82) is 0 Å². The Labute approximate surface area is 135 Å². The van der Waals surface area contributed by atoms with Gasteiger partial charge in [0.2, 0.25) is 5.95 Å². The molecule has 1 fully saturated rings. The molecular formula is C17H20N6. The van der Waals surface area contributed by atoms with Gasteiger partial charge in [-0.3, -0.25) is 0 Å². The van der Waals surface area contributed by atoms with Crippen LogP contribution in [-0.2, 0) is 0 Å². The van der Waals surface area contributed by atoms with E-state index in [0.717, 1.165) is 48.6 Å². The molecule has 6 heteroatoms. The summed E-state index contributed by atoms with van der Waals surface area (Å²) in [7, 11) is 2.15. The lowest BCUT2D eigenvalue weighted by molar-refractivity contribution is 0.312. The van der Waals surface area contributed by atoms with Crippen LogP contribution in [0.25, 0.3) is 16.6 Å². The number of fused-ring (bicyclic) bond motifs is 1. The van der Waals surface area contributed by atoms with E-state index < -0.39 is 0 Å². The molecule has 118 valence electrons. The maximum absolute atomic E-state index is 5.96. The van der Waals surface area contributed by atoms with Crippen LogP contribution in [-0.4, -0.2) is 52.7 Å². The van der Waals surface area contributed by atoms with E-state index in [1.807, 2.05) is 24.5 Å². The predicted molar refractivity (Wildman–Crippen MR) is 93.0 cm³/mol. The number of hydrogen-bond acceptors (Lipinski definition) is 5. The number of nitrogens with zero attached hydrogens (tertiary/aromatic N) is 5. The van der Waals surface area contributed by atoms with E-state index in [1.165, 1.54) is 0 Å². The second kappa shape index (κ2) is 5.55. The Morgan fingerprint density at radius 1 is 1.00 bits per heavy atom. The summed E-state index contributed by atoms with van der Waals surface area (Å²) in [6.07, 6.45) is 4.04. The van der Waals surface area contributed by atoms with Gasteiger partial charge in [0.05, 0.1) is 5.52 Å². The van der Waals surface area contributed by atoms with Crippen LogP contribution in [0.3, 0.4) is 0 Å². The van der Waals surface area contributed by atoms with Crippen molar-refractivity contribution < 1.29 is 0 Å². The van der Waals surface area contributed by atoms with Gasteiger partial charge in [-0.15, -0.1) is 0 Å². The van der Waals surface area contributed by atoms with Crippen LogP contribution in [0.2, 0.25) is 0 Å². The molecule has 0 amide bonds. The molecule has 1 saturated heterocycles. The van der Waals surface area contributed by atoms with Crippen LogP contribution >= 0.6 is 0 Å². The SMILES string of the molecule is CN1CCN(c2nc(N)nc3cc(-n4cccc4)ccc23)CC1. The van der Waals surface area contributed by atoms with Crippen LogP contribution < -0.4 is 10.6 Å². The Bertz CT molecular complexity index is 818. The monoisotopic (exact) mass is 308 g/mol. The topological polar surface area (TPSA) is 63.2 Å². The molecule has 4 rings (SSSR count). The molecule has 0 unspecified atom stereocenters. The van der Waals surface area contributed by atoms with E-state index >= 15 is 0 Å². The van der Waals surface area contributed by atoms with Crippen molar-refractivity contribution in [2.75, 3.05) is 43.9 Å². The van der Waals surface area contributed by atoms with Crippen molar-refractivity contribution in [3.8, 4) is 5.69 Å². The maximum atomic E-state index is 5.96. The summed E-state index contributed by atoms with van der Waals surface area (Å²) >= 11 is 0. The zero-order valence-electron chi connectivity index (χ0n) is 13.2. The molecule has 0 spiro atoms. The predicted octanol–water partition coefficient (Wildman–Crippen LogP) is 1.75. The molecule has 2 aromatic heterocycles. The summed E-state index contributed by atoms with van der Waals surface area (Å²) < 4.78 is 2.06. The van der Waals surface area contributed by atoms with Gasteiger partial charge in [-0.05, 0) is 37.4 Å². The number of nitrogens with two attached hydrogens (primary N) is 1. The second-order valence-corrected chi connectivity index (χ2v) is 5.99. The molecule has 3 heterocycles. The molecule has 1 aromatic carbocycles. The molecule has 0 atom stereocenters. The lowest BCUT2D eigenvalue weighted by Crippen LogP contribution is -2.45. The summed E-state index contributed by atoms with van der Waals surface area (Å²) in [6.45, 7) is 3.99. The van der Waals surface area contributed by atoms with Crippen molar-refractivity contribution >= 4 is 22.7 Å². The van der Waals surface area contributed by atoms with Gasteiger partial charge in [0.15, 0.2) is 0 Å². The average Bonchev–Trinajstić information content (AvgIpc) is 3.09. The average molecular weight is 308 g/mol. The minimum Gasteiger partial charge on any atom is -0.368 e. The van der Waals surface area contributed by atoms with Gasteiger partial charge in [0, 0.05) is 49.6 Å². The van der Waals surface area contributed by atoms with E-state index in [0.29, 0.717) is 5.95 Å². The molecule has 0 saturated carbocycles. The van der Waals surface area contributed by atoms with Crippen LogP contribution in [0.1, 0.15) is 0 Å². The van der Waals surface area contributed by atoms with Gasteiger partial charge in [-0.1, -0.05) is 0 Å². The highest BCUT2D eigenvalue weighted by Gasteiger charge is 2.18. The van der Waals surface area contributed by atoms with Crippen molar-refractivity contribution in [2.45, 2.75) is 0 Å². The number of nitrogen functional groups attached to an aromatic ring is 1. The largest absolute Gasteiger partial charge is 0.368 e. The third-order valence-electron chi connectivity index (χ3n) is 4.38. The van der Waals surface area contributed by atoms with E-state index in [9.17, 15) is 0 Å². The summed E-state index contributed by atoms with van der Waals surface area (Å²) in [4.78, 5) is 13.6. The van der Waals surface area contributed by atoms with Crippen molar-refractivity contribution in [3.05, 3.63) is 42.7 Å². The zero-order valence-corrected chi connectivity index (χ0v) is 13.2. The third kappa shape index (κ3) is 2.61. The highest BCUT2D eigenvalue weighted by Crippen LogP contribution is 2.27. The van der Waals surface area contributed by atoms with Crippen molar-refractivity contribution in [2.24, 2.45) is 0 Å². The standard InChI is InChI=1S/C17H20N6/c1-21-8-10-23(11-9-21)16-14-5-4-13(22-6-2-3-7-22)12-15(14)19-17(18)20-16/h2-7,12H,8-11H2,1H3,(H2,18,19,20). The molecule has 3 aromatic rings. The summed E-state index contributed by atoms with van der Waals surface area (Å²) in [5.74, 6) is 1.27. The van der Waals surface area contributed by atoms with Gasteiger partial charge in [-0.25, -0.2) is 4.98 Å². The first-order valence-corrected chi connectivity index (χ1v) is 7.85. The summed E-state index contributed by atoms with van der Waals surface area (Å²) in [5.41, 5.74) is 7.92. The fourth-order valence-corrected chi connectivity index (χ4v) is 3.05. The normalized spacial score (nSPS) is 16.1. The number of rotatable bonds is 2. The van der Waals surface area contributed by atoms with Crippen molar-refractivity contribution in [3.63, 3.8) is 0 Å². The fraction of sp³-hybridized carbons (Fsp3) is 0.294. The smallest absolute Gasteiger partial charge is 0.222 e. The van der Waals surface area contributed by atoms with Crippen LogP contribution in [0, 0.1) is 0 Å². The molecule has 0 bridgehead atoms. The minimum atomic E-state index is 0.330. The first-order valence-electron chi connectivity index (χ1n) is 7.85. The van der Waals surface area contributed by atoms with Crippen LogP contribution in [0.4, 0.5) is 11.8 Å². The molecule has 1 aliphatic rings. The molecule has 2 N–H and O–H groups in total. The quantitative estimate of drug-likeness (QED) is 0.781. The lowest BCUT2D eigenvalue weighted by atomic mass is 10.2.